The van der Waals surface area contributed by atoms with Gasteiger partial charge in [0.2, 0.25) is 0 Å². The Labute approximate surface area is 193 Å². The van der Waals surface area contributed by atoms with Gasteiger partial charge in [-0.1, -0.05) is 6.92 Å². The van der Waals surface area contributed by atoms with Gasteiger partial charge in [-0.05, 0) is 62.6 Å². The molecule has 0 radical (unpaired) electrons. The van der Waals surface area contributed by atoms with E-state index in [2.05, 4.69) is 44.1 Å². The highest BCUT2D eigenvalue weighted by Crippen LogP contribution is 2.31. The number of hydrogen-bond donors (Lipinski definition) is 2. The maximum Gasteiger partial charge on any atom is 0.330 e. The molecule has 2 N–H and O–H groups in total. The van der Waals surface area contributed by atoms with Gasteiger partial charge in [0.1, 0.15) is 5.69 Å². The summed E-state index contributed by atoms with van der Waals surface area (Å²) in [6.07, 6.45) is 5.95. The molecule has 5 rings (SSSR count). The van der Waals surface area contributed by atoms with Crippen molar-refractivity contribution in [2.24, 2.45) is 0 Å². The number of likely N-dealkylation sites (tertiary alicyclic amines) is 1. The number of pyridine rings is 1. The maximum absolute atomic E-state index is 12.7. The summed E-state index contributed by atoms with van der Waals surface area (Å²) in [5.41, 5.74) is 4.61. The number of aromatic nitrogens is 3. The summed E-state index contributed by atoms with van der Waals surface area (Å²) in [7, 11) is 1.62. The summed E-state index contributed by atoms with van der Waals surface area (Å²) in [6.45, 7) is 6.12. The van der Waals surface area contributed by atoms with Crippen molar-refractivity contribution in [2.75, 3.05) is 38.1 Å². The van der Waals surface area contributed by atoms with Crippen molar-refractivity contribution in [2.45, 2.75) is 44.6 Å². The number of nitrogens with one attached hydrogen (secondary N) is 2. The van der Waals surface area contributed by atoms with Crippen molar-refractivity contribution in [1.29, 1.82) is 0 Å². The molecule has 3 aromatic rings. The van der Waals surface area contributed by atoms with Crippen LogP contribution in [0.25, 0.3) is 5.52 Å². The summed E-state index contributed by atoms with van der Waals surface area (Å²) >= 11 is 0. The number of aromatic amines is 1. The molecule has 0 spiro atoms. The van der Waals surface area contributed by atoms with Gasteiger partial charge in [0.25, 0.3) is 5.91 Å². The standard InChI is InChI=1S/C25H32N6O2/c1-3-18-4-5-20-14-23(28-25(33)31(18)20)17-8-11-30(16-17)19-9-12-29(13-10-19)21-6-7-22(27-15-21)24(32)26-2/h4-7,14-15,17,19H,3,8-13,16H2,1-2H3,(H,26,32)(H,28,33). The zero-order valence-electron chi connectivity index (χ0n) is 19.4. The van der Waals surface area contributed by atoms with Crippen molar-refractivity contribution in [3.8, 4) is 0 Å². The number of fused-ring (bicyclic) bond motifs is 1. The Morgan fingerprint density at radius 1 is 1.15 bits per heavy atom. The molecule has 0 aliphatic carbocycles. The van der Waals surface area contributed by atoms with Crippen molar-refractivity contribution < 1.29 is 4.79 Å². The van der Waals surface area contributed by atoms with Crippen molar-refractivity contribution in [1.82, 2.24) is 24.6 Å². The van der Waals surface area contributed by atoms with E-state index in [0.717, 1.165) is 74.5 Å². The summed E-state index contributed by atoms with van der Waals surface area (Å²) in [4.78, 5) is 36.8. The van der Waals surface area contributed by atoms with Crippen molar-refractivity contribution >= 4 is 17.1 Å². The van der Waals surface area contributed by atoms with Crippen molar-refractivity contribution in [3.63, 3.8) is 0 Å². The molecule has 8 nitrogen and oxygen atoms in total. The zero-order chi connectivity index (χ0) is 22.9. The minimum Gasteiger partial charge on any atom is -0.370 e. The van der Waals surface area contributed by atoms with Gasteiger partial charge < -0.3 is 15.2 Å². The Morgan fingerprint density at radius 2 is 1.97 bits per heavy atom. The highest BCUT2D eigenvalue weighted by molar-refractivity contribution is 5.92. The molecular formula is C25H32N6O2. The predicted molar refractivity (Wildman–Crippen MR) is 129 cm³/mol. The number of carbonyl (C=O) groups excluding carboxylic acids is 1. The lowest BCUT2D eigenvalue weighted by Crippen LogP contribution is -2.44. The molecule has 2 fully saturated rings. The summed E-state index contributed by atoms with van der Waals surface area (Å²) in [5.74, 6) is 0.217. The third-order valence-corrected chi connectivity index (χ3v) is 7.32. The molecule has 8 heteroatoms. The molecule has 2 aliphatic rings. The SMILES string of the molecule is CCc1ccc2cc(C3CCN(C4CCN(c5ccc(C(=O)NC)nc5)CC4)C3)[nH]c(=O)n12. The van der Waals surface area contributed by atoms with Gasteiger partial charge >= 0.3 is 5.69 Å². The number of H-pyrrole nitrogens is 1. The van der Waals surface area contributed by atoms with E-state index in [-0.39, 0.29) is 11.6 Å². The summed E-state index contributed by atoms with van der Waals surface area (Å²) < 4.78 is 1.79. The normalized spacial score (nSPS) is 19.9. The zero-order valence-corrected chi connectivity index (χ0v) is 19.4. The van der Waals surface area contributed by atoms with E-state index in [1.54, 1.807) is 23.7 Å². The minimum atomic E-state index is -0.160. The van der Waals surface area contributed by atoms with Crippen LogP contribution in [0, 0.1) is 0 Å². The molecule has 1 atom stereocenters. The van der Waals surface area contributed by atoms with E-state index in [0.29, 0.717) is 17.7 Å². The van der Waals surface area contributed by atoms with Crippen LogP contribution in [-0.4, -0.2) is 64.4 Å². The number of hydrogen-bond acceptors (Lipinski definition) is 5. The fourth-order valence-electron chi connectivity index (χ4n) is 5.42. The Kier molecular flexibility index (Phi) is 5.93. The molecule has 0 aromatic carbocycles. The molecule has 1 amide bonds. The van der Waals surface area contributed by atoms with Gasteiger partial charge in [-0.15, -0.1) is 0 Å². The molecule has 1 unspecified atom stereocenters. The smallest absolute Gasteiger partial charge is 0.330 e. The topological polar surface area (TPSA) is 85.7 Å². The van der Waals surface area contributed by atoms with Gasteiger partial charge in [0.05, 0.1) is 17.4 Å². The van der Waals surface area contributed by atoms with Gasteiger partial charge in [-0.3, -0.25) is 14.1 Å². The number of piperidine rings is 1. The first-order chi connectivity index (χ1) is 16.1. The molecule has 0 bridgehead atoms. The summed E-state index contributed by atoms with van der Waals surface area (Å²) in [6, 6.07) is 10.6. The number of carbonyl (C=O) groups is 1. The molecule has 3 aromatic heterocycles. The molecule has 2 saturated heterocycles. The summed E-state index contributed by atoms with van der Waals surface area (Å²) in [5, 5.41) is 2.61. The number of anilines is 1. The van der Waals surface area contributed by atoms with Crippen LogP contribution in [0.5, 0.6) is 0 Å². The Morgan fingerprint density at radius 3 is 2.67 bits per heavy atom. The quantitative estimate of drug-likeness (QED) is 0.626. The second kappa shape index (κ2) is 9.02. The number of rotatable bonds is 5. The lowest BCUT2D eigenvalue weighted by molar-refractivity contribution is 0.0958. The average molecular weight is 449 g/mol. The van der Waals surface area contributed by atoms with E-state index >= 15 is 0 Å². The third kappa shape index (κ3) is 4.15. The minimum absolute atomic E-state index is 0.0212. The van der Waals surface area contributed by atoms with Crippen LogP contribution in [0.15, 0.2) is 41.3 Å². The van der Waals surface area contributed by atoms with E-state index in [4.69, 9.17) is 0 Å². The van der Waals surface area contributed by atoms with Crippen LogP contribution in [-0.2, 0) is 6.42 Å². The molecule has 5 heterocycles. The monoisotopic (exact) mass is 448 g/mol. The van der Waals surface area contributed by atoms with Gasteiger partial charge in [-0.25, -0.2) is 9.78 Å². The van der Waals surface area contributed by atoms with Crippen LogP contribution in [0.3, 0.4) is 0 Å². The Hall–Kier alpha value is -3.13. The van der Waals surface area contributed by atoms with E-state index in [1.165, 1.54) is 0 Å². The second-order valence-electron chi connectivity index (χ2n) is 9.15. The lowest BCUT2D eigenvalue weighted by atomic mass is 10.0. The molecule has 174 valence electrons. The Bertz CT molecular complexity index is 1190. The van der Waals surface area contributed by atoms with E-state index < -0.39 is 0 Å². The van der Waals surface area contributed by atoms with Crippen LogP contribution in [0.4, 0.5) is 5.69 Å². The fourth-order valence-corrected chi connectivity index (χ4v) is 5.42. The fraction of sp³-hybridized carbons (Fsp3) is 0.480. The first-order valence-corrected chi connectivity index (χ1v) is 12.0. The van der Waals surface area contributed by atoms with Crippen molar-refractivity contribution in [3.05, 3.63) is 64.1 Å². The van der Waals surface area contributed by atoms with Crippen LogP contribution >= 0.6 is 0 Å². The predicted octanol–water partition coefficient (Wildman–Crippen LogP) is 2.40. The third-order valence-electron chi connectivity index (χ3n) is 7.32. The van der Waals surface area contributed by atoms with Gasteiger partial charge in [0.15, 0.2) is 0 Å². The molecule has 33 heavy (non-hydrogen) atoms. The maximum atomic E-state index is 12.7. The van der Waals surface area contributed by atoms with Gasteiger partial charge in [0, 0.05) is 50.0 Å². The average Bonchev–Trinajstić information content (AvgIpc) is 3.51. The lowest BCUT2D eigenvalue weighted by Gasteiger charge is -2.37. The van der Waals surface area contributed by atoms with Gasteiger partial charge in [-0.2, -0.15) is 0 Å². The Balaban J connectivity index is 1.20. The van der Waals surface area contributed by atoms with Crippen LogP contribution < -0.4 is 15.9 Å². The van der Waals surface area contributed by atoms with Crippen LogP contribution in [0.2, 0.25) is 0 Å². The molecular weight excluding hydrogens is 416 g/mol. The first-order valence-electron chi connectivity index (χ1n) is 12.0. The molecule has 0 saturated carbocycles. The number of amides is 1. The highest BCUT2D eigenvalue weighted by atomic mass is 16.2. The van der Waals surface area contributed by atoms with E-state index in [9.17, 15) is 9.59 Å². The van der Waals surface area contributed by atoms with E-state index in [1.807, 2.05) is 12.1 Å². The second-order valence-corrected chi connectivity index (χ2v) is 9.15. The van der Waals surface area contributed by atoms with Crippen LogP contribution in [0.1, 0.15) is 54.0 Å². The molecule has 2 aliphatic heterocycles. The number of aryl methyl sites for hydroxylation is 1. The largest absolute Gasteiger partial charge is 0.370 e. The number of nitrogens with zero attached hydrogens (tertiary/aromatic N) is 4. The highest BCUT2D eigenvalue weighted by Gasteiger charge is 2.32. The first kappa shape index (κ1) is 21.7.